The normalized spacial score (nSPS) is 21.6. The zero-order chi connectivity index (χ0) is 14.7. The first kappa shape index (κ1) is 15.3. The van der Waals surface area contributed by atoms with Gasteiger partial charge in [0.15, 0.2) is 0 Å². The van der Waals surface area contributed by atoms with E-state index in [0.29, 0.717) is 6.04 Å². The molecule has 1 aliphatic carbocycles. The maximum atomic E-state index is 12.2. The predicted octanol–water partition coefficient (Wildman–Crippen LogP) is 3.43. The largest absolute Gasteiger partial charge is 0.349 e. The monoisotopic (exact) mass is 398 g/mol. The Morgan fingerprint density at radius 2 is 1.67 bits per heavy atom. The average molecular weight is 398 g/mol. The highest BCUT2D eigenvalue weighted by Gasteiger charge is 2.27. The summed E-state index contributed by atoms with van der Waals surface area (Å²) in [4.78, 5) is 14.9. The predicted molar refractivity (Wildman–Crippen MR) is 93.5 cm³/mol. The fraction of sp³-hybridized carbons (Fsp3) is 0.588. The van der Waals surface area contributed by atoms with Crippen molar-refractivity contribution >= 4 is 28.5 Å². The Kier molecular flexibility index (Phi) is 5.16. The van der Waals surface area contributed by atoms with Gasteiger partial charge in [0.25, 0.3) is 5.91 Å². The number of amides is 1. The van der Waals surface area contributed by atoms with Crippen molar-refractivity contribution in [3.63, 3.8) is 0 Å². The zero-order valence-electron chi connectivity index (χ0n) is 12.4. The van der Waals surface area contributed by atoms with E-state index in [1.54, 1.807) is 0 Å². The molecule has 0 atom stereocenters. The van der Waals surface area contributed by atoms with Gasteiger partial charge in [-0.2, -0.15) is 0 Å². The highest BCUT2D eigenvalue weighted by atomic mass is 127. The van der Waals surface area contributed by atoms with Crippen LogP contribution in [0.15, 0.2) is 24.3 Å². The summed E-state index contributed by atoms with van der Waals surface area (Å²) in [6, 6.07) is 8.94. The maximum Gasteiger partial charge on any atom is 0.251 e. The van der Waals surface area contributed by atoms with E-state index in [-0.39, 0.29) is 5.91 Å². The summed E-state index contributed by atoms with van der Waals surface area (Å²) in [7, 11) is 0. The molecule has 1 aromatic rings. The van der Waals surface area contributed by atoms with Crippen LogP contribution in [-0.4, -0.2) is 36.0 Å². The number of benzene rings is 1. The lowest BCUT2D eigenvalue weighted by atomic mass is 10.0. The molecule has 0 spiro atoms. The molecule has 0 unspecified atom stereocenters. The van der Waals surface area contributed by atoms with Crippen molar-refractivity contribution in [1.29, 1.82) is 0 Å². The van der Waals surface area contributed by atoms with Gasteiger partial charge in [-0.3, -0.25) is 4.79 Å². The third kappa shape index (κ3) is 3.97. The van der Waals surface area contributed by atoms with Crippen LogP contribution >= 0.6 is 22.6 Å². The lowest BCUT2D eigenvalue weighted by Gasteiger charge is -2.36. The quantitative estimate of drug-likeness (QED) is 0.792. The Morgan fingerprint density at radius 1 is 1.05 bits per heavy atom. The van der Waals surface area contributed by atoms with Crippen LogP contribution in [0.4, 0.5) is 0 Å². The summed E-state index contributed by atoms with van der Waals surface area (Å²) in [6.45, 7) is 2.28. The summed E-state index contributed by atoms with van der Waals surface area (Å²) >= 11 is 2.26. The van der Waals surface area contributed by atoms with Gasteiger partial charge in [0.2, 0.25) is 0 Å². The van der Waals surface area contributed by atoms with Gasteiger partial charge in [-0.25, -0.2) is 0 Å². The maximum absolute atomic E-state index is 12.2. The van der Waals surface area contributed by atoms with Gasteiger partial charge >= 0.3 is 0 Å². The summed E-state index contributed by atoms with van der Waals surface area (Å²) < 4.78 is 1.16. The fourth-order valence-corrected chi connectivity index (χ4v) is 3.91. The van der Waals surface area contributed by atoms with E-state index in [1.165, 1.54) is 25.7 Å². The molecule has 1 N–H and O–H groups in total. The first-order valence-electron chi connectivity index (χ1n) is 8.03. The van der Waals surface area contributed by atoms with Gasteiger partial charge in [-0.1, -0.05) is 12.8 Å². The summed E-state index contributed by atoms with van der Waals surface area (Å²) in [5, 5.41) is 3.20. The van der Waals surface area contributed by atoms with E-state index in [1.807, 2.05) is 24.3 Å². The van der Waals surface area contributed by atoms with Crippen LogP contribution in [0.3, 0.4) is 0 Å². The molecule has 1 aliphatic heterocycles. The number of rotatable bonds is 3. The highest BCUT2D eigenvalue weighted by molar-refractivity contribution is 14.1. The minimum absolute atomic E-state index is 0.0747. The number of hydrogen-bond acceptors (Lipinski definition) is 2. The van der Waals surface area contributed by atoms with Gasteiger partial charge in [-0.15, -0.1) is 0 Å². The third-order valence-electron chi connectivity index (χ3n) is 4.81. The lowest BCUT2D eigenvalue weighted by Crippen LogP contribution is -2.47. The van der Waals surface area contributed by atoms with Crippen molar-refractivity contribution in [2.24, 2.45) is 0 Å². The SMILES string of the molecule is O=C(NC1CCN(C2CCCC2)CC1)c1ccc(I)cc1. The number of carbonyl (C=O) groups is 1. The van der Waals surface area contributed by atoms with E-state index in [0.717, 1.165) is 41.1 Å². The molecule has 1 aromatic carbocycles. The van der Waals surface area contributed by atoms with E-state index >= 15 is 0 Å². The standard InChI is InChI=1S/C17H23IN2O/c18-14-7-5-13(6-8-14)17(21)19-15-9-11-20(12-10-15)16-3-1-2-4-16/h5-8,15-16H,1-4,9-12H2,(H,19,21). The van der Waals surface area contributed by atoms with Gasteiger partial charge in [0.1, 0.15) is 0 Å². The van der Waals surface area contributed by atoms with Crippen LogP contribution in [0, 0.1) is 3.57 Å². The number of hydrogen-bond donors (Lipinski definition) is 1. The van der Waals surface area contributed by atoms with E-state index in [9.17, 15) is 4.79 Å². The smallest absolute Gasteiger partial charge is 0.251 e. The van der Waals surface area contributed by atoms with Crippen molar-refractivity contribution in [2.75, 3.05) is 13.1 Å². The van der Waals surface area contributed by atoms with E-state index in [2.05, 4.69) is 32.8 Å². The molecule has 2 aliphatic rings. The van der Waals surface area contributed by atoms with Crippen LogP contribution in [0.25, 0.3) is 0 Å². The topological polar surface area (TPSA) is 32.3 Å². The Balaban J connectivity index is 1.48. The van der Waals surface area contributed by atoms with Crippen molar-refractivity contribution in [3.05, 3.63) is 33.4 Å². The number of nitrogens with one attached hydrogen (secondary N) is 1. The molecule has 1 amide bonds. The molecule has 114 valence electrons. The summed E-state index contributed by atoms with van der Waals surface area (Å²) in [5.74, 6) is 0.0747. The Labute approximate surface area is 140 Å². The molecular formula is C17H23IN2O. The Bertz CT molecular complexity index is 474. The second-order valence-electron chi connectivity index (χ2n) is 6.23. The van der Waals surface area contributed by atoms with Crippen LogP contribution in [0.5, 0.6) is 0 Å². The van der Waals surface area contributed by atoms with E-state index in [4.69, 9.17) is 0 Å². The van der Waals surface area contributed by atoms with Crippen LogP contribution in [-0.2, 0) is 0 Å². The summed E-state index contributed by atoms with van der Waals surface area (Å²) in [6.07, 6.45) is 7.72. The fourth-order valence-electron chi connectivity index (χ4n) is 3.55. The van der Waals surface area contributed by atoms with Gasteiger partial charge in [0, 0.05) is 34.3 Å². The molecule has 0 radical (unpaired) electrons. The number of nitrogens with zero attached hydrogens (tertiary/aromatic N) is 1. The van der Waals surface area contributed by atoms with Gasteiger partial charge < -0.3 is 10.2 Å². The van der Waals surface area contributed by atoms with Crippen LogP contribution in [0.2, 0.25) is 0 Å². The minimum Gasteiger partial charge on any atom is -0.349 e. The third-order valence-corrected chi connectivity index (χ3v) is 5.53. The zero-order valence-corrected chi connectivity index (χ0v) is 14.5. The molecule has 0 bridgehead atoms. The van der Waals surface area contributed by atoms with Crippen molar-refractivity contribution in [2.45, 2.75) is 50.6 Å². The minimum atomic E-state index is 0.0747. The van der Waals surface area contributed by atoms with Crippen LogP contribution in [0.1, 0.15) is 48.9 Å². The summed E-state index contributed by atoms with van der Waals surface area (Å²) in [5.41, 5.74) is 0.772. The molecule has 0 aromatic heterocycles. The Morgan fingerprint density at radius 3 is 2.29 bits per heavy atom. The number of halogens is 1. The highest BCUT2D eigenvalue weighted by Crippen LogP contribution is 2.26. The number of piperidine rings is 1. The van der Waals surface area contributed by atoms with Crippen molar-refractivity contribution < 1.29 is 4.79 Å². The molecular weight excluding hydrogens is 375 g/mol. The molecule has 1 saturated heterocycles. The second kappa shape index (κ2) is 7.09. The second-order valence-corrected chi connectivity index (χ2v) is 7.47. The molecule has 4 heteroatoms. The first-order valence-corrected chi connectivity index (χ1v) is 9.11. The lowest BCUT2D eigenvalue weighted by molar-refractivity contribution is 0.0892. The molecule has 3 rings (SSSR count). The Hall–Kier alpha value is -0.620. The number of likely N-dealkylation sites (tertiary alicyclic amines) is 1. The molecule has 3 nitrogen and oxygen atoms in total. The molecule has 1 saturated carbocycles. The first-order chi connectivity index (χ1) is 10.2. The molecule has 21 heavy (non-hydrogen) atoms. The van der Waals surface area contributed by atoms with Crippen molar-refractivity contribution in [3.8, 4) is 0 Å². The average Bonchev–Trinajstić information content (AvgIpc) is 3.03. The van der Waals surface area contributed by atoms with Gasteiger partial charge in [-0.05, 0) is 72.5 Å². The van der Waals surface area contributed by atoms with Crippen LogP contribution < -0.4 is 5.32 Å². The number of carbonyl (C=O) groups excluding carboxylic acids is 1. The van der Waals surface area contributed by atoms with Crippen molar-refractivity contribution in [1.82, 2.24) is 10.2 Å². The molecule has 1 heterocycles. The van der Waals surface area contributed by atoms with E-state index < -0.39 is 0 Å². The molecule has 2 fully saturated rings. The van der Waals surface area contributed by atoms with Gasteiger partial charge in [0.05, 0.1) is 0 Å².